The molecule has 0 saturated carbocycles. The van der Waals surface area contributed by atoms with E-state index in [1.807, 2.05) is 24.3 Å². The third kappa shape index (κ3) is 9.20. The predicted octanol–water partition coefficient (Wildman–Crippen LogP) is 3.39. The molecule has 0 bridgehead atoms. The van der Waals surface area contributed by atoms with E-state index in [1.54, 1.807) is 57.2 Å². The molecular formula is C41H50N2O11. The summed E-state index contributed by atoms with van der Waals surface area (Å²) in [5.41, 5.74) is 2.73. The summed E-state index contributed by atoms with van der Waals surface area (Å²) >= 11 is 0. The summed E-state index contributed by atoms with van der Waals surface area (Å²) in [6, 6.07) is 13.4. The molecule has 2 aromatic carbocycles. The van der Waals surface area contributed by atoms with Crippen molar-refractivity contribution in [2.24, 2.45) is 0 Å². The molecule has 1 spiro atoms. The van der Waals surface area contributed by atoms with Crippen LogP contribution in [-0.2, 0) is 50.9 Å². The van der Waals surface area contributed by atoms with Crippen LogP contribution in [0.1, 0.15) is 79.9 Å². The molecule has 2 fully saturated rings. The first-order chi connectivity index (χ1) is 25.9. The van der Waals surface area contributed by atoms with E-state index in [0.29, 0.717) is 43.4 Å². The van der Waals surface area contributed by atoms with Crippen molar-refractivity contribution in [3.8, 4) is 0 Å². The number of fused-ring (bicyclic) bond motifs is 2. The fourth-order valence-corrected chi connectivity index (χ4v) is 7.58. The van der Waals surface area contributed by atoms with Gasteiger partial charge in [0.2, 0.25) is 11.8 Å². The SMILES string of the molecule is CC(C)(C)OC(=O)CC[C@@H](CO)NC(=O)[C@H]1CCCN1C(=O)C1=C[C@H]2OC3(Cc4ccccc4C3)O[C@H]2[C@H](OC(=O)c2ccccc2C=COCCO)C1. The summed E-state index contributed by atoms with van der Waals surface area (Å²) in [7, 11) is 0. The van der Waals surface area contributed by atoms with Crippen LogP contribution in [-0.4, -0.2) is 107 Å². The molecule has 13 heteroatoms. The van der Waals surface area contributed by atoms with Crippen LogP contribution in [0.15, 0.2) is 66.4 Å². The molecule has 2 heterocycles. The molecule has 2 aliphatic carbocycles. The highest BCUT2D eigenvalue weighted by atomic mass is 16.8. The Labute approximate surface area is 315 Å². The number of hydrogen-bond acceptors (Lipinski definition) is 11. The summed E-state index contributed by atoms with van der Waals surface area (Å²) in [4.78, 5) is 55.5. The van der Waals surface area contributed by atoms with Crippen molar-refractivity contribution < 1.29 is 53.1 Å². The van der Waals surface area contributed by atoms with Gasteiger partial charge >= 0.3 is 11.9 Å². The maximum absolute atomic E-state index is 14.3. The Balaban J connectivity index is 1.19. The van der Waals surface area contributed by atoms with Crippen LogP contribution in [0.4, 0.5) is 0 Å². The number of amides is 2. The van der Waals surface area contributed by atoms with Gasteiger partial charge in [-0.15, -0.1) is 0 Å². The van der Waals surface area contributed by atoms with Gasteiger partial charge in [-0.3, -0.25) is 14.4 Å². The molecule has 2 saturated heterocycles. The second kappa shape index (κ2) is 16.8. The van der Waals surface area contributed by atoms with E-state index in [2.05, 4.69) is 5.32 Å². The maximum Gasteiger partial charge on any atom is 0.339 e. The van der Waals surface area contributed by atoms with E-state index in [0.717, 1.165) is 11.1 Å². The Morgan fingerprint density at radius 3 is 2.46 bits per heavy atom. The second-order valence-corrected chi connectivity index (χ2v) is 15.2. The largest absolute Gasteiger partial charge is 0.499 e. The molecule has 6 rings (SSSR count). The summed E-state index contributed by atoms with van der Waals surface area (Å²) < 4.78 is 30.1. The minimum atomic E-state index is -0.988. The average Bonchev–Trinajstić information content (AvgIpc) is 3.87. The Bertz CT molecular complexity index is 1740. The molecule has 290 valence electrons. The Morgan fingerprint density at radius 2 is 1.76 bits per heavy atom. The lowest BCUT2D eigenvalue weighted by molar-refractivity contribution is -0.172. The van der Waals surface area contributed by atoms with Gasteiger partial charge in [-0.1, -0.05) is 42.5 Å². The fraction of sp³-hybridized carbons (Fsp3) is 0.512. The van der Waals surface area contributed by atoms with E-state index in [9.17, 15) is 24.3 Å². The zero-order valence-electron chi connectivity index (χ0n) is 31.0. The number of carbonyl (C=O) groups excluding carboxylic acids is 4. The maximum atomic E-state index is 14.3. The number of nitrogens with zero attached hydrogens (tertiary/aromatic N) is 1. The molecule has 4 aliphatic rings. The molecule has 2 amide bonds. The van der Waals surface area contributed by atoms with Gasteiger partial charge in [0.1, 0.15) is 36.6 Å². The standard InChI is InChI=1S/C41H50N2O11/c1-40(2,3)53-35(46)15-14-30(25-45)42-37(47)32-13-8-17-43(32)38(48)29-21-33(51-39(49)31-12-7-6-9-26(31)16-19-50-20-18-44)36-34(22-29)52-41(54-36)23-27-10-4-5-11-28(27)24-41/h4-7,9-12,16,19,22,30,32-34,36,44-45H,8,13-15,17-18,20-21,23-25H2,1-3H3,(H,42,47)/t30-,32+,33+,34+,36-/m0/s1. The van der Waals surface area contributed by atoms with Crippen molar-refractivity contribution in [2.45, 2.75) is 108 Å². The van der Waals surface area contributed by atoms with Crippen LogP contribution in [0, 0.1) is 0 Å². The van der Waals surface area contributed by atoms with Crippen molar-refractivity contribution in [3.05, 3.63) is 88.7 Å². The van der Waals surface area contributed by atoms with Crippen LogP contribution < -0.4 is 5.32 Å². The zero-order valence-corrected chi connectivity index (χ0v) is 31.0. The number of aliphatic hydroxyl groups excluding tert-OH is 2. The van der Waals surface area contributed by atoms with Crippen LogP contribution in [0.3, 0.4) is 0 Å². The normalized spacial score (nSPS) is 23.4. The van der Waals surface area contributed by atoms with E-state index in [-0.39, 0.29) is 50.6 Å². The summed E-state index contributed by atoms with van der Waals surface area (Å²) in [6.07, 6.45) is 4.73. The number of esters is 2. The minimum absolute atomic E-state index is 0.0124. The Morgan fingerprint density at radius 1 is 1.04 bits per heavy atom. The molecule has 13 nitrogen and oxygen atoms in total. The number of aliphatic hydroxyl groups is 2. The molecule has 2 aliphatic heterocycles. The first kappa shape index (κ1) is 39.1. The van der Waals surface area contributed by atoms with Crippen molar-refractivity contribution in [2.75, 3.05) is 26.4 Å². The van der Waals surface area contributed by atoms with Crippen LogP contribution in [0.5, 0.6) is 0 Å². The number of ether oxygens (including phenoxy) is 5. The van der Waals surface area contributed by atoms with E-state index in [1.165, 1.54) is 11.2 Å². The Kier molecular flexibility index (Phi) is 12.2. The summed E-state index contributed by atoms with van der Waals surface area (Å²) in [6.45, 7) is 5.22. The second-order valence-electron chi connectivity index (χ2n) is 15.2. The first-order valence-corrected chi connectivity index (χ1v) is 18.6. The van der Waals surface area contributed by atoms with Crippen molar-refractivity contribution in [1.82, 2.24) is 10.2 Å². The van der Waals surface area contributed by atoms with Gasteiger partial charge in [-0.05, 0) is 74.9 Å². The lowest BCUT2D eigenvalue weighted by Crippen LogP contribution is -2.51. The highest BCUT2D eigenvalue weighted by Crippen LogP contribution is 2.45. The lowest BCUT2D eigenvalue weighted by atomic mass is 9.91. The van der Waals surface area contributed by atoms with Gasteiger partial charge in [0.05, 0.1) is 31.1 Å². The third-order valence-corrected chi connectivity index (χ3v) is 9.98. The van der Waals surface area contributed by atoms with E-state index in [4.69, 9.17) is 28.8 Å². The highest BCUT2D eigenvalue weighted by molar-refractivity contribution is 5.98. The first-order valence-electron chi connectivity index (χ1n) is 18.6. The summed E-state index contributed by atoms with van der Waals surface area (Å²) in [5.74, 6) is -2.83. The van der Waals surface area contributed by atoms with Crippen LogP contribution in [0.2, 0.25) is 0 Å². The summed E-state index contributed by atoms with van der Waals surface area (Å²) in [5, 5.41) is 21.9. The molecule has 0 radical (unpaired) electrons. The third-order valence-electron chi connectivity index (χ3n) is 9.98. The quantitative estimate of drug-likeness (QED) is 0.156. The highest BCUT2D eigenvalue weighted by Gasteiger charge is 2.55. The average molecular weight is 747 g/mol. The van der Waals surface area contributed by atoms with Gasteiger partial charge in [0, 0.05) is 37.8 Å². The van der Waals surface area contributed by atoms with Gasteiger partial charge in [0.25, 0.3) is 0 Å². The van der Waals surface area contributed by atoms with Crippen molar-refractivity contribution in [3.63, 3.8) is 0 Å². The molecule has 2 aromatic rings. The smallest absolute Gasteiger partial charge is 0.339 e. The molecule has 0 unspecified atom stereocenters. The van der Waals surface area contributed by atoms with Gasteiger partial charge in [-0.25, -0.2) is 4.79 Å². The molecule has 5 atom stereocenters. The van der Waals surface area contributed by atoms with Gasteiger partial charge in [-0.2, -0.15) is 0 Å². The van der Waals surface area contributed by atoms with Crippen molar-refractivity contribution in [1.29, 1.82) is 0 Å². The molecule has 3 N–H and O–H groups in total. The monoisotopic (exact) mass is 746 g/mol. The molecule has 54 heavy (non-hydrogen) atoms. The number of likely N-dealkylation sites (tertiary alicyclic amines) is 1. The van der Waals surface area contributed by atoms with Crippen LogP contribution in [0.25, 0.3) is 6.08 Å². The molecular weight excluding hydrogens is 696 g/mol. The van der Waals surface area contributed by atoms with Crippen molar-refractivity contribution >= 4 is 29.8 Å². The number of nitrogens with one attached hydrogen (secondary N) is 1. The number of hydrogen-bond donors (Lipinski definition) is 3. The minimum Gasteiger partial charge on any atom is -0.499 e. The number of carbonyl (C=O) groups is 4. The predicted molar refractivity (Wildman–Crippen MR) is 196 cm³/mol. The fourth-order valence-electron chi connectivity index (χ4n) is 7.58. The van der Waals surface area contributed by atoms with E-state index >= 15 is 0 Å². The lowest BCUT2D eigenvalue weighted by Gasteiger charge is -2.33. The van der Waals surface area contributed by atoms with Gasteiger partial charge in [0.15, 0.2) is 5.79 Å². The number of rotatable bonds is 13. The van der Waals surface area contributed by atoms with Gasteiger partial charge < -0.3 is 44.1 Å². The van der Waals surface area contributed by atoms with E-state index < -0.39 is 59.6 Å². The number of benzene rings is 2. The topological polar surface area (TPSA) is 170 Å². The Hall–Kier alpha value is -4.56. The van der Waals surface area contributed by atoms with Crippen LogP contribution >= 0.6 is 0 Å². The zero-order chi connectivity index (χ0) is 38.5. The molecule has 0 aromatic heterocycles.